The lowest BCUT2D eigenvalue weighted by Gasteiger charge is -2.28. The average molecular weight is 526 g/mol. The van der Waals surface area contributed by atoms with Crippen LogP contribution in [0.15, 0.2) is 78.2 Å². The van der Waals surface area contributed by atoms with E-state index in [1.165, 1.54) is 18.4 Å². The Morgan fingerprint density at radius 2 is 1.68 bits per heavy atom. The standard InChI is InChI=1S/C30H27N3O4S/c1-18(2)26(30(36)37-3)33-16-22-10-9-21(15-24(22)29(33)35)19-11-13-23(14-12-19)31-27(34)28-32-25(17-38-28)20-7-5-4-6-8-20/h4-15,17-18,26H,16H2,1-3H3,(H,31,34)/t26-/m0/s1. The molecule has 0 bridgehead atoms. The SMILES string of the molecule is COC(=O)[C@H](C(C)C)N1Cc2ccc(-c3ccc(NC(=O)c4nc(-c5ccccc5)cs4)cc3)cc2C1=O. The number of aromatic nitrogens is 1. The van der Waals surface area contributed by atoms with E-state index >= 15 is 0 Å². The van der Waals surface area contributed by atoms with Gasteiger partial charge in [0.25, 0.3) is 11.8 Å². The minimum absolute atomic E-state index is 0.0720. The van der Waals surface area contributed by atoms with Crippen LogP contribution < -0.4 is 5.32 Å². The van der Waals surface area contributed by atoms with Crippen molar-refractivity contribution in [3.63, 3.8) is 0 Å². The normalized spacial score (nSPS) is 13.4. The van der Waals surface area contributed by atoms with Crippen molar-refractivity contribution >= 4 is 34.8 Å². The summed E-state index contributed by atoms with van der Waals surface area (Å²) in [6.07, 6.45) is 0. The number of esters is 1. The Morgan fingerprint density at radius 1 is 0.974 bits per heavy atom. The van der Waals surface area contributed by atoms with Gasteiger partial charge in [-0.05, 0) is 40.8 Å². The van der Waals surface area contributed by atoms with Crippen LogP contribution >= 0.6 is 11.3 Å². The highest BCUT2D eigenvalue weighted by Gasteiger charge is 2.38. The third-order valence-electron chi connectivity index (χ3n) is 6.60. The molecule has 0 saturated carbocycles. The van der Waals surface area contributed by atoms with E-state index in [9.17, 15) is 14.4 Å². The first-order chi connectivity index (χ1) is 18.4. The molecule has 0 saturated heterocycles. The molecule has 3 aromatic carbocycles. The van der Waals surface area contributed by atoms with E-state index < -0.39 is 12.0 Å². The zero-order valence-electron chi connectivity index (χ0n) is 21.3. The number of carbonyl (C=O) groups excluding carboxylic acids is 3. The fourth-order valence-electron chi connectivity index (χ4n) is 4.66. The molecular weight excluding hydrogens is 498 g/mol. The molecule has 1 aliphatic heterocycles. The molecule has 2 amide bonds. The molecule has 1 atom stereocenters. The smallest absolute Gasteiger partial charge is 0.328 e. The molecule has 0 aliphatic carbocycles. The van der Waals surface area contributed by atoms with Gasteiger partial charge in [-0.2, -0.15) is 0 Å². The van der Waals surface area contributed by atoms with Crippen molar-refractivity contribution in [3.05, 3.63) is 94.3 Å². The van der Waals surface area contributed by atoms with Crippen molar-refractivity contribution in [2.24, 2.45) is 5.92 Å². The van der Waals surface area contributed by atoms with Gasteiger partial charge in [-0.15, -0.1) is 11.3 Å². The van der Waals surface area contributed by atoms with Gasteiger partial charge in [-0.1, -0.05) is 68.4 Å². The molecule has 0 unspecified atom stereocenters. The Morgan fingerprint density at radius 3 is 2.37 bits per heavy atom. The summed E-state index contributed by atoms with van der Waals surface area (Å²) in [7, 11) is 1.34. The lowest BCUT2D eigenvalue weighted by Crippen LogP contribution is -2.45. The first kappa shape index (κ1) is 25.4. The number of nitrogens with one attached hydrogen (secondary N) is 1. The zero-order valence-corrected chi connectivity index (χ0v) is 22.1. The van der Waals surface area contributed by atoms with Crippen molar-refractivity contribution in [1.82, 2.24) is 9.88 Å². The molecule has 0 spiro atoms. The molecule has 8 heteroatoms. The van der Waals surface area contributed by atoms with Crippen LogP contribution in [0.1, 0.15) is 39.6 Å². The quantitative estimate of drug-likeness (QED) is 0.304. The van der Waals surface area contributed by atoms with Crippen LogP contribution in [0.2, 0.25) is 0 Å². The molecule has 0 fully saturated rings. The number of hydrogen-bond acceptors (Lipinski definition) is 6. The molecule has 38 heavy (non-hydrogen) atoms. The number of ether oxygens (including phenoxy) is 1. The maximum Gasteiger partial charge on any atom is 0.328 e. The second kappa shape index (κ2) is 10.6. The third-order valence-corrected chi connectivity index (χ3v) is 7.44. The Bertz CT molecular complexity index is 1500. The minimum Gasteiger partial charge on any atom is -0.467 e. The molecule has 1 aromatic heterocycles. The summed E-state index contributed by atoms with van der Waals surface area (Å²) in [6.45, 7) is 4.18. The number of amides is 2. The van der Waals surface area contributed by atoms with Crippen molar-refractivity contribution in [3.8, 4) is 22.4 Å². The Labute approximate surface area is 225 Å². The van der Waals surface area contributed by atoms with E-state index in [-0.39, 0.29) is 17.7 Å². The highest BCUT2D eigenvalue weighted by Crippen LogP contribution is 2.32. The number of hydrogen-bond donors (Lipinski definition) is 1. The highest BCUT2D eigenvalue weighted by atomic mass is 32.1. The van der Waals surface area contributed by atoms with Gasteiger partial charge in [0, 0.05) is 28.7 Å². The molecule has 1 aliphatic rings. The van der Waals surface area contributed by atoms with Gasteiger partial charge in [0.2, 0.25) is 0 Å². The number of benzene rings is 3. The number of rotatable bonds is 7. The second-order valence-corrected chi connectivity index (χ2v) is 10.3. The highest BCUT2D eigenvalue weighted by molar-refractivity contribution is 7.12. The molecule has 2 heterocycles. The van der Waals surface area contributed by atoms with E-state index in [2.05, 4.69) is 10.3 Å². The van der Waals surface area contributed by atoms with Gasteiger partial charge in [-0.3, -0.25) is 9.59 Å². The Kier molecular flexibility index (Phi) is 7.07. The monoisotopic (exact) mass is 525 g/mol. The average Bonchev–Trinajstić information content (AvgIpc) is 3.55. The number of methoxy groups -OCH3 is 1. The van der Waals surface area contributed by atoms with Crippen LogP contribution in [0.3, 0.4) is 0 Å². The van der Waals surface area contributed by atoms with E-state index in [0.29, 0.717) is 22.8 Å². The molecule has 0 radical (unpaired) electrons. The molecule has 1 N–H and O–H groups in total. The second-order valence-electron chi connectivity index (χ2n) is 9.45. The van der Waals surface area contributed by atoms with E-state index in [0.717, 1.165) is 27.9 Å². The molecule has 5 rings (SSSR count). The largest absolute Gasteiger partial charge is 0.467 e. The topological polar surface area (TPSA) is 88.6 Å². The Hall–Kier alpha value is -4.30. The van der Waals surface area contributed by atoms with Crippen molar-refractivity contribution in [1.29, 1.82) is 0 Å². The number of anilines is 1. The Balaban J connectivity index is 1.29. The van der Waals surface area contributed by atoms with Crippen LogP contribution in [0.5, 0.6) is 0 Å². The van der Waals surface area contributed by atoms with Gasteiger partial charge < -0.3 is 15.0 Å². The summed E-state index contributed by atoms with van der Waals surface area (Å²) in [5, 5.41) is 5.16. The molecule has 192 valence electrons. The summed E-state index contributed by atoms with van der Waals surface area (Å²) >= 11 is 1.30. The summed E-state index contributed by atoms with van der Waals surface area (Å²) in [5.41, 5.74) is 5.65. The van der Waals surface area contributed by atoms with Crippen molar-refractivity contribution in [2.75, 3.05) is 12.4 Å². The van der Waals surface area contributed by atoms with Gasteiger partial charge in [0.15, 0.2) is 5.01 Å². The van der Waals surface area contributed by atoms with E-state index in [1.807, 2.05) is 92.0 Å². The van der Waals surface area contributed by atoms with Crippen molar-refractivity contribution < 1.29 is 19.1 Å². The number of nitrogens with zero attached hydrogens (tertiary/aromatic N) is 2. The van der Waals surface area contributed by atoms with Crippen LogP contribution in [-0.2, 0) is 16.1 Å². The first-order valence-electron chi connectivity index (χ1n) is 12.3. The van der Waals surface area contributed by atoms with Gasteiger partial charge in [0.1, 0.15) is 6.04 Å². The maximum atomic E-state index is 13.2. The minimum atomic E-state index is -0.632. The van der Waals surface area contributed by atoms with E-state index in [4.69, 9.17) is 4.74 Å². The maximum absolute atomic E-state index is 13.2. The van der Waals surface area contributed by atoms with Gasteiger partial charge in [-0.25, -0.2) is 9.78 Å². The lowest BCUT2D eigenvalue weighted by molar-refractivity contribution is -0.147. The molecule has 7 nitrogen and oxygen atoms in total. The summed E-state index contributed by atoms with van der Waals surface area (Å²) < 4.78 is 4.95. The predicted molar refractivity (Wildman–Crippen MR) is 148 cm³/mol. The van der Waals surface area contributed by atoms with Crippen molar-refractivity contribution in [2.45, 2.75) is 26.4 Å². The number of thiazole rings is 1. The van der Waals surface area contributed by atoms with E-state index in [1.54, 1.807) is 4.90 Å². The number of carbonyl (C=O) groups is 3. The third kappa shape index (κ3) is 4.95. The summed E-state index contributed by atoms with van der Waals surface area (Å²) in [5.74, 6) is -0.920. The fourth-order valence-corrected chi connectivity index (χ4v) is 5.38. The number of fused-ring (bicyclic) bond motifs is 1. The summed E-state index contributed by atoms with van der Waals surface area (Å²) in [6, 6.07) is 22.3. The zero-order chi connectivity index (χ0) is 26.8. The molecular formula is C30H27N3O4S. The lowest BCUT2D eigenvalue weighted by atomic mass is 10.00. The van der Waals surface area contributed by atoms with Gasteiger partial charge in [0.05, 0.1) is 12.8 Å². The van der Waals surface area contributed by atoms with Crippen LogP contribution in [0.4, 0.5) is 5.69 Å². The van der Waals surface area contributed by atoms with Crippen LogP contribution in [0.25, 0.3) is 22.4 Å². The van der Waals surface area contributed by atoms with Crippen LogP contribution in [0, 0.1) is 5.92 Å². The molecule has 4 aromatic rings. The first-order valence-corrected chi connectivity index (χ1v) is 13.2. The predicted octanol–water partition coefficient (Wildman–Crippen LogP) is 5.88. The summed E-state index contributed by atoms with van der Waals surface area (Å²) in [4.78, 5) is 44.4. The van der Waals surface area contributed by atoms with Gasteiger partial charge >= 0.3 is 5.97 Å². The fraction of sp³-hybridized carbons (Fsp3) is 0.200. The van der Waals surface area contributed by atoms with Crippen LogP contribution in [-0.4, -0.2) is 40.8 Å².